The summed E-state index contributed by atoms with van der Waals surface area (Å²) in [7, 11) is 0. The zero-order valence-corrected chi connectivity index (χ0v) is 22.2. The molecule has 6 rings (SSSR count). The molecule has 188 valence electrons. The Balaban J connectivity index is 1.34. The molecule has 6 heteroatoms. The second kappa shape index (κ2) is 7.64. The van der Waals surface area contributed by atoms with Crippen LogP contribution >= 0.6 is 15.9 Å². The molecule has 5 nitrogen and oxygen atoms in total. The average molecular weight is 528 g/mol. The van der Waals surface area contributed by atoms with E-state index in [1.54, 1.807) is 0 Å². The van der Waals surface area contributed by atoms with Crippen LogP contribution in [0.15, 0.2) is 0 Å². The van der Waals surface area contributed by atoms with Crippen molar-refractivity contribution in [3.63, 3.8) is 0 Å². The van der Waals surface area contributed by atoms with Gasteiger partial charge in [0.05, 0.1) is 35.8 Å². The molecule has 0 bridgehead atoms. The van der Waals surface area contributed by atoms with Crippen molar-refractivity contribution in [2.24, 2.45) is 52.3 Å². The Bertz CT molecular complexity index is 794. The standard InChI is InChI=1S/C27H43BrO5/c1-13-9-20(28)27(32-12-13)14(2)21-19(33-27)11-18-17-6-5-15-10-16(29)7-8-25(15,3)22(17)23(30)24(31)26(18,21)4/h13-24,29-31H,5-12H2,1-4H3/t13-,14+,15+,16+,17+,18+,19+,20?,21+,22-,23-,24+,25+,26+,27+/m1/s1. The van der Waals surface area contributed by atoms with Gasteiger partial charge in [-0.3, -0.25) is 0 Å². The van der Waals surface area contributed by atoms with Crippen LogP contribution < -0.4 is 0 Å². The van der Waals surface area contributed by atoms with Gasteiger partial charge in [0.2, 0.25) is 0 Å². The van der Waals surface area contributed by atoms with Crippen LogP contribution in [-0.2, 0) is 9.47 Å². The Labute approximate surface area is 207 Å². The molecule has 6 aliphatic rings. The molecule has 1 spiro atoms. The number of aliphatic hydroxyl groups excluding tert-OH is 3. The van der Waals surface area contributed by atoms with E-state index < -0.39 is 18.0 Å². The Kier molecular flexibility index (Phi) is 5.48. The van der Waals surface area contributed by atoms with Crippen molar-refractivity contribution in [2.75, 3.05) is 6.61 Å². The second-order valence-electron chi connectivity index (χ2n) is 13.4. The van der Waals surface area contributed by atoms with Crippen LogP contribution in [0, 0.1) is 52.3 Å². The number of rotatable bonds is 0. The molecule has 2 aliphatic heterocycles. The van der Waals surface area contributed by atoms with Crippen LogP contribution in [0.2, 0.25) is 0 Å². The first kappa shape index (κ1) is 23.7. The summed E-state index contributed by atoms with van der Waals surface area (Å²) in [4.78, 5) is 0.151. The summed E-state index contributed by atoms with van der Waals surface area (Å²) in [6.07, 6.45) is 5.23. The van der Waals surface area contributed by atoms with E-state index in [0.717, 1.165) is 44.9 Å². The first-order chi connectivity index (χ1) is 15.5. The topological polar surface area (TPSA) is 79.2 Å². The second-order valence-corrected chi connectivity index (χ2v) is 14.5. The fourth-order valence-electron chi connectivity index (χ4n) is 10.4. The lowest BCUT2D eigenvalue weighted by Gasteiger charge is -2.64. The van der Waals surface area contributed by atoms with Gasteiger partial charge < -0.3 is 24.8 Å². The number of aliphatic hydroxyl groups is 3. The van der Waals surface area contributed by atoms with Crippen molar-refractivity contribution >= 4 is 15.9 Å². The predicted molar refractivity (Wildman–Crippen MR) is 129 cm³/mol. The lowest BCUT2D eigenvalue weighted by Crippen LogP contribution is -2.66. The summed E-state index contributed by atoms with van der Waals surface area (Å²) in [5.41, 5.74) is -0.371. The summed E-state index contributed by atoms with van der Waals surface area (Å²) < 4.78 is 13.3. The third-order valence-corrected chi connectivity index (χ3v) is 13.0. The van der Waals surface area contributed by atoms with Gasteiger partial charge in [-0.15, -0.1) is 0 Å². The van der Waals surface area contributed by atoms with E-state index >= 15 is 0 Å². The van der Waals surface area contributed by atoms with Crippen LogP contribution in [0.5, 0.6) is 0 Å². The normalized spacial score (nSPS) is 64.7. The Morgan fingerprint density at radius 3 is 2.42 bits per heavy atom. The van der Waals surface area contributed by atoms with Crippen molar-refractivity contribution in [2.45, 2.75) is 108 Å². The van der Waals surface area contributed by atoms with Crippen molar-refractivity contribution < 1.29 is 24.8 Å². The van der Waals surface area contributed by atoms with Crippen molar-refractivity contribution in [1.82, 2.24) is 0 Å². The fraction of sp³-hybridized carbons (Fsp3) is 1.00. The maximum atomic E-state index is 11.9. The van der Waals surface area contributed by atoms with Gasteiger partial charge in [-0.05, 0) is 80.0 Å². The Morgan fingerprint density at radius 2 is 1.70 bits per heavy atom. The summed E-state index contributed by atoms with van der Waals surface area (Å²) in [6.45, 7) is 9.79. The zero-order chi connectivity index (χ0) is 23.5. The Hall–Kier alpha value is 0.280. The number of alkyl halides is 1. The molecule has 0 aromatic carbocycles. The van der Waals surface area contributed by atoms with Crippen LogP contribution in [0.3, 0.4) is 0 Å². The van der Waals surface area contributed by atoms with Crippen molar-refractivity contribution in [3.8, 4) is 0 Å². The zero-order valence-electron chi connectivity index (χ0n) is 20.6. The molecule has 2 saturated heterocycles. The third kappa shape index (κ3) is 2.94. The minimum atomic E-state index is -0.751. The lowest BCUT2D eigenvalue weighted by atomic mass is 9.43. The van der Waals surface area contributed by atoms with Crippen LogP contribution in [0.1, 0.15) is 72.6 Å². The van der Waals surface area contributed by atoms with Gasteiger partial charge in [-0.1, -0.05) is 43.6 Å². The predicted octanol–water partition coefficient (Wildman–Crippen LogP) is 4.11. The van der Waals surface area contributed by atoms with E-state index in [9.17, 15) is 15.3 Å². The Morgan fingerprint density at radius 1 is 0.939 bits per heavy atom. The van der Waals surface area contributed by atoms with E-state index in [1.165, 1.54) is 0 Å². The first-order valence-corrected chi connectivity index (χ1v) is 14.5. The number of halogens is 1. The maximum Gasteiger partial charge on any atom is 0.184 e. The first-order valence-electron chi connectivity index (χ1n) is 13.5. The SMILES string of the molecule is C[C@H]1CO[C@@]2(O[C@H]3C[C@H]4[C@@H]5CC[C@H]6C[C@@H](O)CC[C@]6(C)[C@H]5[C@@H](O)[C@H](O)[C@]4(C)[C@H]3[C@@H]2C)C(Br)C1. The molecule has 4 aliphatic carbocycles. The van der Waals surface area contributed by atoms with E-state index in [0.29, 0.717) is 30.3 Å². The highest BCUT2D eigenvalue weighted by Crippen LogP contribution is 2.71. The van der Waals surface area contributed by atoms with E-state index in [4.69, 9.17) is 9.47 Å². The number of hydrogen-bond donors (Lipinski definition) is 3. The molecule has 33 heavy (non-hydrogen) atoms. The van der Waals surface area contributed by atoms with Gasteiger partial charge in [-0.25, -0.2) is 0 Å². The van der Waals surface area contributed by atoms with Gasteiger partial charge in [0.1, 0.15) is 0 Å². The van der Waals surface area contributed by atoms with E-state index in [2.05, 4.69) is 43.6 Å². The van der Waals surface area contributed by atoms with Gasteiger partial charge in [0.25, 0.3) is 0 Å². The summed E-state index contributed by atoms with van der Waals surface area (Å²) in [5.74, 6) is 1.54. The molecule has 0 aromatic heterocycles. The quantitative estimate of drug-likeness (QED) is 0.414. The summed E-state index contributed by atoms with van der Waals surface area (Å²) >= 11 is 3.92. The molecule has 4 saturated carbocycles. The van der Waals surface area contributed by atoms with Crippen molar-refractivity contribution in [3.05, 3.63) is 0 Å². The number of hydrogen-bond acceptors (Lipinski definition) is 5. The number of ether oxygens (including phenoxy) is 2. The number of fused-ring (bicyclic) bond motifs is 7. The third-order valence-electron chi connectivity index (χ3n) is 12.0. The van der Waals surface area contributed by atoms with Gasteiger partial charge in [-0.2, -0.15) is 0 Å². The molecule has 6 fully saturated rings. The maximum absolute atomic E-state index is 11.9. The van der Waals surface area contributed by atoms with Gasteiger partial charge in [0.15, 0.2) is 5.79 Å². The molecule has 0 aromatic rings. The molecule has 0 amide bonds. The fourth-order valence-corrected chi connectivity index (χ4v) is 11.7. The monoisotopic (exact) mass is 526 g/mol. The molecule has 1 unspecified atom stereocenters. The lowest BCUT2D eigenvalue weighted by molar-refractivity contribution is -0.273. The highest BCUT2D eigenvalue weighted by molar-refractivity contribution is 9.09. The van der Waals surface area contributed by atoms with Crippen LogP contribution in [-0.4, -0.2) is 57.0 Å². The highest BCUT2D eigenvalue weighted by atomic mass is 79.9. The van der Waals surface area contributed by atoms with E-state index in [-0.39, 0.29) is 45.6 Å². The van der Waals surface area contributed by atoms with Crippen LogP contribution in [0.25, 0.3) is 0 Å². The van der Waals surface area contributed by atoms with Crippen molar-refractivity contribution in [1.29, 1.82) is 0 Å². The van der Waals surface area contributed by atoms with Crippen LogP contribution in [0.4, 0.5) is 0 Å². The molecule has 15 atom stereocenters. The summed E-state index contributed by atoms with van der Waals surface area (Å²) in [5, 5.41) is 33.9. The highest BCUT2D eigenvalue weighted by Gasteiger charge is 2.74. The summed E-state index contributed by atoms with van der Waals surface area (Å²) in [6, 6.07) is 0. The minimum Gasteiger partial charge on any atom is -0.393 e. The van der Waals surface area contributed by atoms with E-state index in [1.807, 2.05) is 0 Å². The molecule has 0 radical (unpaired) electrons. The molecule has 3 N–H and O–H groups in total. The largest absolute Gasteiger partial charge is 0.393 e. The minimum absolute atomic E-state index is 0.00115. The molecular weight excluding hydrogens is 484 g/mol. The molecular formula is C27H43BrO5. The van der Waals surface area contributed by atoms with Gasteiger partial charge in [0, 0.05) is 17.3 Å². The van der Waals surface area contributed by atoms with Gasteiger partial charge >= 0.3 is 0 Å². The molecule has 2 heterocycles. The average Bonchev–Trinajstić information content (AvgIpc) is 3.22. The smallest absolute Gasteiger partial charge is 0.184 e.